The summed E-state index contributed by atoms with van der Waals surface area (Å²) in [7, 11) is -6.10. The molecule has 0 bridgehead atoms. The van der Waals surface area contributed by atoms with E-state index in [9.17, 15) is 0 Å². The van der Waals surface area contributed by atoms with Crippen LogP contribution < -0.4 is 18.9 Å². The van der Waals surface area contributed by atoms with Crippen molar-refractivity contribution in [3.8, 4) is 0 Å². The third kappa shape index (κ3) is 31.8. The fourth-order valence-electron chi connectivity index (χ4n) is 8.79. The molecular formula is C36H86Li2O4Si6-2. The Kier molecular flexibility index (Phi) is 33.1. The van der Waals surface area contributed by atoms with Crippen molar-refractivity contribution in [3.63, 3.8) is 0 Å². The largest absolute Gasteiger partial charge is 1.00 e. The quantitative estimate of drug-likeness (QED) is 0.202. The minimum atomic E-state index is -1.02. The van der Waals surface area contributed by atoms with Crippen LogP contribution in [0.15, 0.2) is 0 Å². The Hall–Kier alpha value is 2.34. The molecule has 0 aliphatic carbocycles. The molecule has 4 nitrogen and oxygen atoms in total. The first-order valence-corrected chi connectivity index (χ1v) is 39.8. The van der Waals surface area contributed by atoms with E-state index in [1.807, 2.05) is 0 Å². The number of rotatable bonds is 6. The minimum absolute atomic E-state index is 0. The number of hydrogen-bond acceptors (Lipinski definition) is 4. The van der Waals surface area contributed by atoms with Crippen LogP contribution in [0.3, 0.4) is 0 Å². The molecule has 4 heterocycles. The van der Waals surface area contributed by atoms with Crippen LogP contribution in [0.4, 0.5) is 0 Å². The van der Waals surface area contributed by atoms with Crippen molar-refractivity contribution in [3.05, 3.63) is 9.58 Å². The molecule has 0 aromatic heterocycles. The topological polar surface area (TPSA) is 36.9 Å². The van der Waals surface area contributed by atoms with Crippen LogP contribution in [0.1, 0.15) is 51.4 Å². The molecule has 0 unspecified atom stereocenters. The summed E-state index contributed by atoms with van der Waals surface area (Å²) in [5, 5.41) is 0. The van der Waals surface area contributed by atoms with E-state index in [1.165, 1.54) is 51.4 Å². The van der Waals surface area contributed by atoms with E-state index >= 15 is 0 Å². The van der Waals surface area contributed by atoms with Gasteiger partial charge in [-0.1, -0.05) is 118 Å². The summed E-state index contributed by atoms with van der Waals surface area (Å²) in [4.78, 5) is 4.12. The van der Waals surface area contributed by atoms with Gasteiger partial charge < -0.3 is 47.4 Å². The van der Waals surface area contributed by atoms with Gasteiger partial charge in [0.2, 0.25) is 0 Å². The molecule has 0 atom stereocenters. The average Bonchev–Trinajstić information content (AvgIpc) is 3.64. The molecule has 0 spiro atoms. The van der Waals surface area contributed by atoms with E-state index in [4.69, 9.17) is 18.9 Å². The van der Waals surface area contributed by atoms with Crippen LogP contribution in [0.5, 0.6) is 0 Å². The summed E-state index contributed by atoms with van der Waals surface area (Å²) in [5.41, 5.74) is 0. The monoisotopic (exact) mass is 765 g/mol. The van der Waals surface area contributed by atoms with Gasteiger partial charge in [-0.2, -0.15) is 0 Å². The van der Waals surface area contributed by atoms with Crippen LogP contribution >= 0.6 is 0 Å². The summed E-state index contributed by atoms with van der Waals surface area (Å²) in [6.45, 7) is 53.5. The second kappa shape index (κ2) is 27.8. The van der Waals surface area contributed by atoms with Crippen LogP contribution in [0, 0.1) is 9.58 Å². The summed E-state index contributed by atoms with van der Waals surface area (Å²) in [5.74, 6) is 0. The molecule has 4 fully saturated rings. The summed E-state index contributed by atoms with van der Waals surface area (Å²) in [6, 6.07) is 0. The van der Waals surface area contributed by atoms with E-state index < -0.39 is 48.4 Å². The maximum Gasteiger partial charge on any atom is 1.00 e. The Morgan fingerprint density at radius 3 is 0.396 bits per heavy atom. The van der Waals surface area contributed by atoms with E-state index in [0.29, 0.717) is 0 Å². The molecule has 0 aromatic carbocycles. The first-order valence-electron chi connectivity index (χ1n) is 18.8. The van der Waals surface area contributed by atoms with Crippen molar-refractivity contribution in [2.45, 2.75) is 169 Å². The fourth-order valence-corrected chi connectivity index (χ4v) is 62.8. The van der Waals surface area contributed by atoms with Crippen LogP contribution in [0.2, 0.25) is 118 Å². The summed E-state index contributed by atoms with van der Waals surface area (Å²) >= 11 is 0. The van der Waals surface area contributed by atoms with Crippen molar-refractivity contribution in [2.24, 2.45) is 0 Å². The zero-order valence-electron chi connectivity index (χ0n) is 36.9. The van der Waals surface area contributed by atoms with E-state index in [1.54, 1.807) is 0 Å². The van der Waals surface area contributed by atoms with Gasteiger partial charge in [0.1, 0.15) is 0 Å². The maximum absolute atomic E-state index is 4.94. The Balaban J connectivity index is -0.000000253. The van der Waals surface area contributed by atoms with Gasteiger partial charge in [-0.3, -0.25) is 0 Å². The van der Waals surface area contributed by atoms with Gasteiger partial charge in [0.05, 0.1) is 0 Å². The zero-order chi connectivity index (χ0) is 36.3. The maximum atomic E-state index is 4.94. The van der Waals surface area contributed by atoms with Crippen LogP contribution in [-0.2, 0) is 18.9 Å². The third-order valence-corrected chi connectivity index (χ3v) is 43.8. The van der Waals surface area contributed by atoms with Crippen molar-refractivity contribution < 1.29 is 37.8 Å². The number of hydrogen-bond donors (Lipinski definition) is 0. The molecule has 4 rings (SSSR count). The first kappa shape index (κ1) is 57.1. The smallest absolute Gasteiger partial charge is 1.00 e. The van der Waals surface area contributed by atoms with E-state index in [0.717, 1.165) is 52.9 Å². The predicted molar refractivity (Wildman–Crippen MR) is 233 cm³/mol. The van der Waals surface area contributed by atoms with Gasteiger partial charge in [0.25, 0.3) is 0 Å². The van der Waals surface area contributed by atoms with Gasteiger partial charge in [0, 0.05) is 52.9 Å². The molecule has 0 N–H and O–H groups in total. The predicted octanol–water partition coefficient (Wildman–Crippen LogP) is 8.20. The van der Waals surface area contributed by atoms with Gasteiger partial charge in [0.15, 0.2) is 0 Å². The normalized spacial score (nSPS) is 18.2. The molecule has 4 saturated heterocycles. The standard InChI is InChI=1S/2C10H27Si3.4C4H8O.2Li/c2*1-11(2,3)10(12(4,5)6)13(7,8)9;4*1-2-4-5-3-1;;/h2*1-9H3;4*1-4H2;;/q2*-1;;;;;-1;+1. The molecule has 4 aliphatic rings. The van der Waals surface area contributed by atoms with Crippen LogP contribution in [0.25, 0.3) is 0 Å². The molecule has 0 aromatic rings. The molecule has 0 amide bonds. The van der Waals surface area contributed by atoms with Gasteiger partial charge in [-0.15, -0.1) is 48.4 Å². The molecule has 282 valence electrons. The van der Waals surface area contributed by atoms with Gasteiger partial charge >= 0.3 is 18.9 Å². The molecular weight excluding hydrogens is 679 g/mol. The Bertz CT molecular complexity index is 543. The minimum Gasteiger partial charge on any atom is -1.00 e. The van der Waals surface area contributed by atoms with E-state index in [2.05, 4.69) is 127 Å². The Morgan fingerprint density at radius 1 is 0.271 bits per heavy atom. The SMILES string of the molecule is C1CCOC1.C1CCOC1.C1CCOC1.C1CCOC1.C[Si](C)(C)[C-]([Si](C)(C)C)[Si](C)(C)C.C[Si](C)(C)[C-]([Si](C)(C)C)[Si](C)(C)C.[Li+].[Li-]. The average molecular weight is 765 g/mol. The number of ether oxygens (including phenoxy) is 4. The van der Waals surface area contributed by atoms with Crippen molar-refractivity contribution in [1.29, 1.82) is 0 Å². The molecule has 4 aliphatic heterocycles. The van der Waals surface area contributed by atoms with Gasteiger partial charge in [-0.25, -0.2) is 0 Å². The van der Waals surface area contributed by atoms with Crippen molar-refractivity contribution in [1.82, 2.24) is 0 Å². The second-order valence-corrected chi connectivity index (χ2v) is 52.5. The van der Waals surface area contributed by atoms with Gasteiger partial charge in [-0.05, 0) is 51.4 Å². The summed E-state index contributed by atoms with van der Waals surface area (Å²) in [6.07, 6.45) is 10.2. The van der Waals surface area contributed by atoms with Crippen LogP contribution in [-0.4, -0.2) is 120 Å². The molecule has 48 heavy (non-hydrogen) atoms. The first-order chi connectivity index (χ1) is 20.7. The fraction of sp³-hybridized carbons (Fsp3) is 0.944. The Morgan fingerprint density at radius 2 is 0.375 bits per heavy atom. The van der Waals surface area contributed by atoms with Crippen molar-refractivity contribution >= 4 is 67.3 Å². The van der Waals surface area contributed by atoms with E-state index in [-0.39, 0.29) is 37.7 Å². The third-order valence-electron chi connectivity index (χ3n) is 7.81. The second-order valence-electron chi connectivity index (χ2n) is 19.5. The van der Waals surface area contributed by atoms with Crippen molar-refractivity contribution in [2.75, 3.05) is 52.9 Å². The Labute approximate surface area is 334 Å². The summed E-state index contributed by atoms with van der Waals surface area (Å²) < 4.78 is 19.8. The molecule has 12 heteroatoms. The molecule has 0 saturated carbocycles. The zero-order valence-corrected chi connectivity index (χ0v) is 42.9. The molecule has 2 radical (unpaired) electrons.